The van der Waals surface area contributed by atoms with Crippen LogP contribution >= 0.6 is 0 Å². The lowest BCUT2D eigenvalue weighted by atomic mass is 10.0. The van der Waals surface area contributed by atoms with Crippen molar-refractivity contribution in [2.45, 2.75) is 19.4 Å². The third kappa shape index (κ3) is 3.07. The number of carbonyl (C=O) groups excluding carboxylic acids is 1. The van der Waals surface area contributed by atoms with Crippen LogP contribution in [0.3, 0.4) is 0 Å². The Balaban J connectivity index is 1.90. The number of amides is 1. The van der Waals surface area contributed by atoms with E-state index < -0.39 is 0 Å². The SMILES string of the molecule is C=CCOCC1c2nnn(C)c2CCN1C(=O)c1cccc(C)n1. The average molecular weight is 327 g/mol. The van der Waals surface area contributed by atoms with E-state index in [0.717, 1.165) is 17.1 Å². The van der Waals surface area contributed by atoms with Crippen LogP contribution in [-0.2, 0) is 18.2 Å². The highest BCUT2D eigenvalue weighted by Crippen LogP contribution is 2.29. The van der Waals surface area contributed by atoms with Crippen molar-refractivity contribution < 1.29 is 9.53 Å². The summed E-state index contributed by atoms with van der Waals surface area (Å²) in [5.74, 6) is -0.109. The van der Waals surface area contributed by atoms with Crippen LogP contribution in [-0.4, -0.2) is 50.5 Å². The lowest BCUT2D eigenvalue weighted by Crippen LogP contribution is -2.42. The number of carbonyl (C=O) groups is 1. The van der Waals surface area contributed by atoms with Gasteiger partial charge in [-0.3, -0.25) is 9.48 Å². The molecule has 0 fully saturated rings. The fraction of sp³-hybridized carbons (Fsp3) is 0.412. The van der Waals surface area contributed by atoms with Gasteiger partial charge in [-0.15, -0.1) is 11.7 Å². The zero-order valence-corrected chi connectivity index (χ0v) is 14.0. The second-order valence-corrected chi connectivity index (χ2v) is 5.80. The van der Waals surface area contributed by atoms with Gasteiger partial charge < -0.3 is 9.64 Å². The molecule has 0 bridgehead atoms. The molecule has 0 saturated heterocycles. The lowest BCUT2D eigenvalue weighted by Gasteiger charge is -2.34. The molecule has 1 atom stereocenters. The van der Waals surface area contributed by atoms with Crippen molar-refractivity contribution in [3.05, 3.63) is 53.6 Å². The third-order valence-electron chi connectivity index (χ3n) is 4.13. The Morgan fingerprint density at radius 1 is 1.50 bits per heavy atom. The Labute approximate surface area is 140 Å². The number of nitrogens with zero attached hydrogens (tertiary/aromatic N) is 5. The van der Waals surface area contributed by atoms with Crippen LogP contribution in [0.15, 0.2) is 30.9 Å². The zero-order valence-electron chi connectivity index (χ0n) is 14.0. The Hall–Kier alpha value is -2.54. The highest BCUT2D eigenvalue weighted by Gasteiger charge is 2.35. The van der Waals surface area contributed by atoms with Crippen LogP contribution in [0.4, 0.5) is 0 Å². The number of ether oxygens (including phenoxy) is 1. The van der Waals surface area contributed by atoms with Crippen molar-refractivity contribution in [2.75, 3.05) is 19.8 Å². The van der Waals surface area contributed by atoms with Crippen molar-refractivity contribution in [3.63, 3.8) is 0 Å². The molecule has 1 aliphatic rings. The molecular weight excluding hydrogens is 306 g/mol. The average Bonchev–Trinajstić information content (AvgIpc) is 2.96. The number of rotatable bonds is 5. The molecule has 0 aliphatic carbocycles. The quantitative estimate of drug-likeness (QED) is 0.614. The second kappa shape index (κ2) is 6.92. The summed E-state index contributed by atoms with van der Waals surface area (Å²) in [5, 5.41) is 8.35. The molecule has 1 amide bonds. The van der Waals surface area contributed by atoms with Gasteiger partial charge in [0.1, 0.15) is 17.4 Å². The predicted molar refractivity (Wildman–Crippen MR) is 88.5 cm³/mol. The normalized spacial score (nSPS) is 16.8. The number of aryl methyl sites for hydroxylation is 2. The molecule has 3 heterocycles. The largest absolute Gasteiger partial charge is 0.375 e. The minimum absolute atomic E-state index is 0.109. The fourth-order valence-electron chi connectivity index (χ4n) is 2.96. The van der Waals surface area contributed by atoms with Gasteiger partial charge in [-0.1, -0.05) is 17.4 Å². The Kier molecular flexibility index (Phi) is 4.71. The van der Waals surface area contributed by atoms with E-state index in [-0.39, 0.29) is 11.9 Å². The summed E-state index contributed by atoms with van der Waals surface area (Å²) in [4.78, 5) is 19.1. The fourth-order valence-corrected chi connectivity index (χ4v) is 2.96. The summed E-state index contributed by atoms with van der Waals surface area (Å²) in [7, 11) is 1.87. The van der Waals surface area contributed by atoms with Gasteiger partial charge in [0.05, 0.1) is 18.9 Å². The molecule has 0 N–H and O–H groups in total. The molecular formula is C17H21N5O2. The van der Waals surface area contributed by atoms with E-state index in [0.29, 0.717) is 31.9 Å². The Morgan fingerprint density at radius 3 is 3.08 bits per heavy atom. The van der Waals surface area contributed by atoms with E-state index in [1.54, 1.807) is 21.7 Å². The van der Waals surface area contributed by atoms with E-state index in [9.17, 15) is 4.79 Å². The molecule has 7 nitrogen and oxygen atoms in total. The van der Waals surface area contributed by atoms with E-state index in [2.05, 4.69) is 21.9 Å². The maximum Gasteiger partial charge on any atom is 0.273 e. The molecule has 7 heteroatoms. The van der Waals surface area contributed by atoms with Crippen molar-refractivity contribution in [1.82, 2.24) is 24.9 Å². The maximum atomic E-state index is 12.9. The maximum absolute atomic E-state index is 12.9. The minimum Gasteiger partial charge on any atom is -0.375 e. The third-order valence-corrected chi connectivity index (χ3v) is 4.13. The molecule has 1 unspecified atom stereocenters. The van der Waals surface area contributed by atoms with Gasteiger partial charge in [0.15, 0.2) is 0 Å². The van der Waals surface area contributed by atoms with Gasteiger partial charge in [-0.05, 0) is 19.1 Å². The van der Waals surface area contributed by atoms with Crippen molar-refractivity contribution in [1.29, 1.82) is 0 Å². The summed E-state index contributed by atoms with van der Waals surface area (Å²) in [6.45, 7) is 6.90. The molecule has 2 aromatic heterocycles. The lowest BCUT2D eigenvalue weighted by molar-refractivity contribution is 0.0432. The zero-order chi connectivity index (χ0) is 17.1. The van der Waals surface area contributed by atoms with Crippen molar-refractivity contribution in [2.24, 2.45) is 7.05 Å². The van der Waals surface area contributed by atoms with Gasteiger partial charge in [0, 0.05) is 25.7 Å². The monoisotopic (exact) mass is 327 g/mol. The molecule has 0 saturated carbocycles. The summed E-state index contributed by atoms with van der Waals surface area (Å²) < 4.78 is 7.39. The van der Waals surface area contributed by atoms with E-state index in [1.807, 2.05) is 26.1 Å². The first-order valence-corrected chi connectivity index (χ1v) is 7.93. The number of aromatic nitrogens is 4. The molecule has 0 radical (unpaired) electrons. The highest BCUT2D eigenvalue weighted by atomic mass is 16.5. The first kappa shape index (κ1) is 16.3. The molecule has 2 aromatic rings. The van der Waals surface area contributed by atoms with Gasteiger partial charge in [-0.2, -0.15) is 0 Å². The Bertz CT molecular complexity index is 755. The minimum atomic E-state index is -0.266. The number of hydrogen-bond donors (Lipinski definition) is 0. The van der Waals surface area contributed by atoms with Gasteiger partial charge in [0.2, 0.25) is 0 Å². The van der Waals surface area contributed by atoms with Crippen LogP contribution in [0, 0.1) is 6.92 Å². The first-order valence-electron chi connectivity index (χ1n) is 7.93. The molecule has 3 rings (SSSR count). The number of pyridine rings is 1. The van der Waals surface area contributed by atoms with E-state index >= 15 is 0 Å². The van der Waals surface area contributed by atoms with Gasteiger partial charge in [-0.25, -0.2) is 4.98 Å². The highest BCUT2D eigenvalue weighted by molar-refractivity contribution is 5.92. The van der Waals surface area contributed by atoms with E-state index in [4.69, 9.17) is 4.74 Å². The summed E-state index contributed by atoms with van der Waals surface area (Å²) in [6, 6.07) is 5.19. The van der Waals surface area contributed by atoms with Crippen molar-refractivity contribution in [3.8, 4) is 0 Å². The number of hydrogen-bond acceptors (Lipinski definition) is 5. The smallest absolute Gasteiger partial charge is 0.273 e. The van der Waals surface area contributed by atoms with Gasteiger partial charge in [0.25, 0.3) is 5.91 Å². The summed E-state index contributed by atoms with van der Waals surface area (Å²) in [5.41, 5.74) is 3.10. The van der Waals surface area contributed by atoms with Crippen LogP contribution in [0.25, 0.3) is 0 Å². The summed E-state index contributed by atoms with van der Waals surface area (Å²) >= 11 is 0. The molecule has 1 aliphatic heterocycles. The van der Waals surface area contributed by atoms with Crippen LogP contribution in [0.2, 0.25) is 0 Å². The van der Waals surface area contributed by atoms with Gasteiger partial charge >= 0.3 is 0 Å². The van der Waals surface area contributed by atoms with Crippen molar-refractivity contribution >= 4 is 5.91 Å². The predicted octanol–water partition coefficient (Wildman–Crippen LogP) is 1.46. The first-order chi connectivity index (χ1) is 11.6. The van der Waals surface area contributed by atoms with E-state index in [1.165, 1.54) is 0 Å². The summed E-state index contributed by atoms with van der Waals surface area (Å²) in [6.07, 6.45) is 2.41. The Morgan fingerprint density at radius 2 is 2.33 bits per heavy atom. The molecule has 0 aromatic carbocycles. The number of fused-ring (bicyclic) bond motifs is 1. The molecule has 24 heavy (non-hydrogen) atoms. The molecule has 126 valence electrons. The van der Waals surface area contributed by atoms with Crippen LogP contribution in [0.1, 0.15) is 33.6 Å². The van der Waals surface area contributed by atoms with Crippen LogP contribution < -0.4 is 0 Å². The molecule has 0 spiro atoms. The topological polar surface area (TPSA) is 73.1 Å². The standard InChI is InChI=1S/C17H21N5O2/c1-4-10-24-11-15-16-14(21(3)20-19-16)8-9-22(15)17(23)13-7-5-6-12(2)18-13/h4-7,15H,1,8-11H2,2-3H3. The second-order valence-electron chi connectivity index (χ2n) is 5.80. The van der Waals surface area contributed by atoms with Crippen LogP contribution in [0.5, 0.6) is 0 Å².